The van der Waals surface area contributed by atoms with Gasteiger partial charge in [-0.3, -0.25) is 0 Å². The lowest BCUT2D eigenvalue weighted by atomic mass is 9.99. The minimum absolute atomic E-state index is 0.0917. The molecule has 2 aromatic rings. The maximum Gasteiger partial charge on any atom is 0.123 e. The highest BCUT2D eigenvalue weighted by Crippen LogP contribution is 2.27. The largest absolute Gasteiger partial charge is 0.367 e. The van der Waals surface area contributed by atoms with Gasteiger partial charge in [-0.2, -0.15) is 0 Å². The van der Waals surface area contributed by atoms with Gasteiger partial charge >= 0.3 is 0 Å². The number of piperidine rings is 1. The van der Waals surface area contributed by atoms with Crippen LogP contribution in [0.4, 0.5) is 0 Å². The number of carbonyl (C=O) groups excluding carboxylic acids is 1. The normalized spacial score (nSPS) is 17.3. The van der Waals surface area contributed by atoms with Crippen LogP contribution in [0.2, 0.25) is 5.02 Å². The van der Waals surface area contributed by atoms with Gasteiger partial charge in [0.2, 0.25) is 0 Å². The van der Waals surface area contributed by atoms with Gasteiger partial charge in [-0.25, -0.2) is 0 Å². The molecule has 4 heteroatoms. The molecule has 0 N–H and O–H groups in total. The van der Waals surface area contributed by atoms with Gasteiger partial charge in [0, 0.05) is 17.5 Å². The Morgan fingerprint density at radius 3 is 2.32 bits per heavy atom. The maximum atomic E-state index is 10.9. The van der Waals surface area contributed by atoms with Crippen molar-refractivity contribution in [3.63, 3.8) is 0 Å². The van der Waals surface area contributed by atoms with E-state index in [1.54, 1.807) is 0 Å². The van der Waals surface area contributed by atoms with E-state index >= 15 is 0 Å². The molecule has 0 radical (unpaired) electrons. The Morgan fingerprint density at radius 2 is 1.68 bits per heavy atom. The molecule has 0 aromatic heterocycles. The molecule has 0 amide bonds. The van der Waals surface area contributed by atoms with E-state index in [1.807, 2.05) is 42.5 Å². The SMILES string of the molecule is O=CC1CCN(CCOC(c2ccccc2)c2ccc(Cl)cc2)CC1. The summed E-state index contributed by atoms with van der Waals surface area (Å²) in [6.07, 6.45) is 2.93. The number of ether oxygens (including phenoxy) is 1. The summed E-state index contributed by atoms with van der Waals surface area (Å²) < 4.78 is 6.26. The van der Waals surface area contributed by atoms with Gasteiger partial charge in [-0.05, 0) is 49.2 Å². The Bertz CT molecular complexity index is 651. The van der Waals surface area contributed by atoms with Crippen molar-refractivity contribution in [2.24, 2.45) is 5.92 Å². The number of benzene rings is 2. The van der Waals surface area contributed by atoms with Crippen molar-refractivity contribution in [1.82, 2.24) is 4.90 Å². The molecule has 132 valence electrons. The lowest BCUT2D eigenvalue weighted by Gasteiger charge is -2.30. The highest BCUT2D eigenvalue weighted by Gasteiger charge is 2.19. The van der Waals surface area contributed by atoms with E-state index < -0.39 is 0 Å². The van der Waals surface area contributed by atoms with Crippen molar-refractivity contribution in [2.75, 3.05) is 26.2 Å². The standard InChI is InChI=1S/C21H24ClNO2/c22-20-8-6-19(7-9-20)21(18-4-2-1-3-5-18)25-15-14-23-12-10-17(16-24)11-13-23/h1-9,16-17,21H,10-15H2. The Balaban J connectivity index is 1.61. The molecule has 1 unspecified atom stereocenters. The predicted molar refractivity (Wildman–Crippen MR) is 101 cm³/mol. The van der Waals surface area contributed by atoms with Gasteiger partial charge in [-0.1, -0.05) is 54.1 Å². The highest BCUT2D eigenvalue weighted by molar-refractivity contribution is 6.30. The molecule has 3 nitrogen and oxygen atoms in total. The second kappa shape index (κ2) is 9.14. The molecular weight excluding hydrogens is 334 g/mol. The second-order valence-corrected chi connectivity index (χ2v) is 6.96. The van der Waals surface area contributed by atoms with Crippen molar-refractivity contribution in [1.29, 1.82) is 0 Å². The molecule has 1 heterocycles. The minimum Gasteiger partial charge on any atom is -0.367 e. The van der Waals surface area contributed by atoms with E-state index in [9.17, 15) is 4.79 Å². The van der Waals surface area contributed by atoms with Gasteiger partial charge in [0.25, 0.3) is 0 Å². The first kappa shape index (κ1) is 18.1. The molecule has 1 atom stereocenters. The molecule has 0 aliphatic carbocycles. The van der Waals surface area contributed by atoms with Crippen LogP contribution in [0.5, 0.6) is 0 Å². The van der Waals surface area contributed by atoms with E-state index in [-0.39, 0.29) is 12.0 Å². The van der Waals surface area contributed by atoms with Crippen LogP contribution in [0, 0.1) is 5.92 Å². The third kappa shape index (κ3) is 5.15. The topological polar surface area (TPSA) is 29.5 Å². The first-order valence-corrected chi connectivity index (χ1v) is 9.23. The van der Waals surface area contributed by atoms with E-state index in [0.717, 1.165) is 54.9 Å². The van der Waals surface area contributed by atoms with Gasteiger partial charge in [0.1, 0.15) is 12.4 Å². The van der Waals surface area contributed by atoms with Gasteiger partial charge < -0.3 is 14.4 Å². The number of likely N-dealkylation sites (tertiary alicyclic amines) is 1. The van der Waals surface area contributed by atoms with Crippen molar-refractivity contribution >= 4 is 17.9 Å². The fraction of sp³-hybridized carbons (Fsp3) is 0.381. The van der Waals surface area contributed by atoms with Crippen molar-refractivity contribution in [2.45, 2.75) is 18.9 Å². The van der Waals surface area contributed by atoms with Crippen LogP contribution < -0.4 is 0 Å². The van der Waals surface area contributed by atoms with Crippen LogP contribution in [-0.4, -0.2) is 37.4 Å². The summed E-state index contributed by atoms with van der Waals surface area (Å²) >= 11 is 6.02. The fourth-order valence-corrected chi connectivity index (χ4v) is 3.39. The molecule has 1 aliphatic rings. The average Bonchev–Trinajstić information content (AvgIpc) is 2.67. The van der Waals surface area contributed by atoms with Gasteiger partial charge in [0.05, 0.1) is 6.61 Å². The summed E-state index contributed by atoms with van der Waals surface area (Å²) in [5.41, 5.74) is 2.25. The quantitative estimate of drug-likeness (QED) is 0.690. The molecule has 25 heavy (non-hydrogen) atoms. The lowest BCUT2D eigenvalue weighted by molar-refractivity contribution is -0.112. The number of aldehydes is 1. The molecule has 0 spiro atoms. The van der Waals surface area contributed by atoms with E-state index in [1.165, 1.54) is 0 Å². The van der Waals surface area contributed by atoms with Gasteiger partial charge in [-0.15, -0.1) is 0 Å². The maximum absolute atomic E-state index is 10.9. The molecule has 0 bridgehead atoms. The molecule has 3 rings (SSSR count). The number of hydrogen-bond acceptors (Lipinski definition) is 3. The molecule has 1 fully saturated rings. The third-order valence-electron chi connectivity index (χ3n) is 4.79. The highest BCUT2D eigenvalue weighted by atomic mass is 35.5. The Morgan fingerprint density at radius 1 is 1.04 bits per heavy atom. The minimum atomic E-state index is -0.0917. The molecule has 1 aliphatic heterocycles. The smallest absolute Gasteiger partial charge is 0.123 e. The molecular formula is C21H24ClNO2. The zero-order chi connectivity index (χ0) is 17.5. The third-order valence-corrected chi connectivity index (χ3v) is 5.04. The van der Waals surface area contributed by atoms with Crippen LogP contribution in [0.15, 0.2) is 54.6 Å². The number of hydrogen-bond donors (Lipinski definition) is 0. The van der Waals surface area contributed by atoms with Crippen LogP contribution >= 0.6 is 11.6 Å². The van der Waals surface area contributed by atoms with Crippen molar-refractivity contribution in [3.8, 4) is 0 Å². The van der Waals surface area contributed by atoms with E-state index in [4.69, 9.17) is 16.3 Å². The van der Waals surface area contributed by atoms with Crippen molar-refractivity contribution in [3.05, 3.63) is 70.7 Å². The monoisotopic (exact) mass is 357 g/mol. The van der Waals surface area contributed by atoms with Gasteiger partial charge in [0.15, 0.2) is 0 Å². The summed E-state index contributed by atoms with van der Waals surface area (Å²) in [6.45, 7) is 3.50. The second-order valence-electron chi connectivity index (χ2n) is 6.53. The number of rotatable bonds is 7. The average molecular weight is 358 g/mol. The van der Waals surface area contributed by atoms with Crippen LogP contribution in [0.1, 0.15) is 30.1 Å². The van der Waals surface area contributed by atoms with Crippen molar-refractivity contribution < 1.29 is 9.53 Å². The first-order chi connectivity index (χ1) is 12.3. The zero-order valence-electron chi connectivity index (χ0n) is 14.3. The summed E-state index contributed by atoms with van der Waals surface area (Å²) in [6, 6.07) is 18.1. The number of halogens is 1. The first-order valence-electron chi connectivity index (χ1n) is 8.86. The fourth-order valence-electron chi connectivity index (χ4n) is 3.26. The molecule has 2 aromatic carbocycles. The van der Waals surface area contributed by atoms with Crippen LogP contribution in [0.3, 0.4) is 0 Å². The Hall–Kier alpha value is -1.68. The number of carbonyl (C=O) groups is 1. The Kier molecular flexibility index (Phi) is 6.62. The predicted octanol–water partition coefficient (Wildman–Crippen LogP) is 4.36. The van der Waals surface area contributed by atoms with Crippen LogP contribution in [-0.2, 0) is 9.53 Å². The van der Waals surface area contributed by atoms with E-state index in [0.29, 0.717) is 6.61 Å². The summed E-state index contributed by atoms with van der Waals surface area (Å²) in [5.74, 6) is 0.239. The zero-order valence-corrected chi connectivity index (χ0v) is 15.1. The molecule has 0 saturated carbocycles. The number of nitrogens with zero attached hydrogens (tertiary/aromatic N) is 1. The summed E-state index contributed by atoms with van der Waals surface area (Å²) in [4.78, 5) is 13.2. The lowest BCUT2D eigenvalue weighted by Crippen LogP contribution is -2.36. The van der Waals surface area contributed by atoms with Crippen LogP contribution in [0.25, 0.3) is 0 Å². The molecule has 1 saturated heterocycles. The Labute approximate surface area is 154 Å². The summed E-state index contributed by atoms with van der Waals surface area (Å²) in [7, 11) is 0. The van der Waals surface area contributed by atoms with E-state index in [2.05, 4.69) is 17.0 Å². The summed E-state index contributed by atoms with van der Waals surface area (Å²) in [5, 5.41) is 0.730.